The molecule has 1 aromatic carbocycles. The van der Waals surface area contributed by atoms with Gasteiger partial charge in [-0.3, -0.25) is 4.79 Å². The van der Waals surface area contributed by atoms with Crippen LogP contribution in [0.5, 0.6) is 0 Å². The zero-order valence-electron chi connectivity index (χ0n) is 10.3. The summed E-state index contributed by atoms with van der Waals surface area (Å²) in [6.45, 7) is 5.65. The predicted octanol–water partition coefficient (Wildman–Crippen LogP) is 1.30. The van der Waals surface area contributed by atoms with E-state index < -0.39 is 0 Å². The number of nitrogens with zero attached hydrogens (tertiary/aromatic N) is 1. The lowest BCUT2D eigenvalue weighted by atomic mass is 10.2. The molecule has 2 N–H and O–H groups in total. The van der Waals surface area contributed by atoms with Crippen LogP contribution in [0.4, 0.5) is 5.69 Å². The van der Waals surface area contributed by atoms with Gasteiger partial charge in [0.15, 0.2) is 0 Å². The van der Waals surface area contributed by atoms with Crippen LogP contribution in [-0.2, 0) is 4.74 Å². The first-order valence-electron chi connectivity index (χ1n) is 5.89. The third-order valence-electron chi connectivity index (χ3n) is 2.54. The Kier molecular flexibility index (Phi) is 6.29. The smallest absolute Gasteiger partial charge is 0.150 e. The standard InChI is InChI=1S/C13H20N2O2/c1-2-15(8-10-17-9-7-14)13-5-3-12(11-16)4-6-13/h3-6,11H,2,7-10,14H2,1H3. The van der Waals surface area contributed by atoms with E-state index in [1.807, 2.05) is 24.3 Å². The zero-order chi connectivity index (χ0) is 12.5. The lowest BCUT2D eigenvalue weighted by molar-refractivity contribution is 0.112. The van der Waals surface area contributed by atoms with Crippen molar-refractivity contribution in [3.05, 3.63) is 29.8 Å². The van der Waals surface area contributed by atoms with Crippen molar-refractivity contribution in [2.45, 2.75) is 6.92 Å². The maximum absolute atomic E-state index is 10.6. The van der Waals surface area contributed by atoms with Gasteiger partial charge < -0.3 is 15.4 Å². The molecule has 0 aromatic heterocycles. The molecule has 0 spiro atoms. The molecule has 0 saturated carbocycles. The molecule has 0 bridgehead atoms. The highest BCUT2D eigenvalue weighted by atomic mass is 16.5. The van der Waals surface area contributed by atoms with E-state index in [-0.39, 0.29) is 0 Å². The summed E-state index contributed by atoms with van der Waals surface area (Å²) in [6, 6.07) is 7.56. The maximum Gasteiger partial charge on any atom is 0.150 e. The number of ether oxygens (including phenoxy) is 1. The van der Waals surface area contributed by atoms with Gasteiger partial charge in [-0.25, -0.2) is 0 Å². The quantitative estimate of drug-likeness (QED) is 0.546. The number of aldehydes is 1. The number of carbonyl (C=O) groups is 1. The van der Waals surface area contributed by atoms with Crippen LogP contribution in [0.25, 0.3) is 0 Å². The predicted molar refractivity (Wildman–Crippen MR) is 69.6 cm³/mol. The van der Waals surface area contributed by atoms with Crippen molar-refractivity contribution in [1.29, 1.82) is 0 Å². The Labute approximate surface area is 102 Å². The molecule has 0 unspecified atom stereocenters. The summed E-state index contributed by atoms with van der Waals surface area (Å²) in [7, 11) is 0. The Hall–Kier alpha value is -1.39. The van der Waals surface area contributed by atoms with Gasteiger partial charge in [0.1, 0.15) is 6.29 Å². The lowest BCUT2D eigenvalue weighted by Crippen LogP contribution is -2.27. The van der Waals surface area contributed by atoms with Gasteiger partial charge in [-0.1, -0.05) is 0 Å². The van der Waals surface area contributed by atoms with Crippen molar-refractivity contribution in [2.24, 2.45) is 5.73 Å². The second-order valence-electron chi connectivity index (χ2n) is 3.69. The van der Waals surface area contributed by atoms with Crippen molar-refractivity contribution in [3.8, 4) is 0 Å². The van der Waals surface area contributed by atoms with Crippen molar-refractivity contribution in [2.75, 3.05) is 37.7 Å². The number of rotatable bonds is 8. The van der Waals surface area contributed by atoms with Gasteiger partial charge in [0.05, 0.1) is 13.2 Å². The summed E-state index contributed by atoms with van der Waals surface area (Å²) in [5.41, 5.74) is 7.15. The monoisotopic (exact) mass is 236 g/mol. The first kappa shape index (κ1) is 13.7. The number of carbonyl (C=O) groups excluding carboxylic acids is 1. The molecule has 4 heteroatoms. The van der Waals surface area contributed by atoms with E-state index in [1.54, 1.807) is 0 Å². The van der Waals surface area contributed by atoms with Gasteiger partial charge in [0, 0.05) is 30.9 Å². The van der Waals surface area contributed by atoms with Crippen molar-refractivity contribution in [3.63, 3.8) is 0 Å². The van der Waals surface area contributed by atoms with Crippen LogP contribution in [0.15, 0.2) is 24.3 Å². The van der Waals surface area contributed by atoms with E-state index in [4.69, 9.17) is 10.5 Å². The molecule has 0 fully saturated rings. The van der Waals surface area contributed by atoms with Gasteiger partial charge >= 0.3 is 0 Å². The molecule has 0 aliphatic heterocycles. The van der Waals surface area contributed by atoms with Crippen LogP contribution in [0.1, 0.15) is 17.3 Å². The molecule has 0 amide bonds. The Balaban J connectivity index is 2.50. The van der Waals surface area contributed by atoms with E-state index >= 15 is 0 Å². The topological polar surface area (TPSA) is 55.6 Å². The average Bonchev–Trinajstić information content (AvgIpc) is 2.39. The Bertz CT molecular complexity index is 325. The molecular formula is C13H20N2O2. The van der Waals surface area contributed by atoms with E-state index in [0.717, 1.165) is 25.1 Å². The minimum atomic E-state index is 0.556. The Morgan fingerprint density at radius 2 is 2.00 bits per heavy atom. The van der Waals surface area contributed by atoms with E-state index in [9.17, 15) is 4.79 Å². The summed E-state index contributed by atoms with van der Waals surface area (Å²) in [5, 5.41) is 0. The molecule has 17 heavy (non-hydrogen) atoms. The fourth-order valence-corrected chi connectivity index (χ4v) is 1.59. The molecule has 0 aliphatic rings. The average molecular weight is 236 g/mol. The number of anilines is 1. The van der Waals surface area contributed by atoms with E-state index in [1.165, 1.54) is 0 Å². The molecular weight excluding hydrogens is 216 g/mol. The van der Waals surface area contributed by atoms with E-state index in [2.05, 4.69) is 11.8 Å². The highest BCUT2D eigenvalue weighted by molar-refractivity contribution is 5.75. The first-order chi connectivity index (χ1) is 8.31. The molecule has 4 nitrogen and oxygen atoms in total. The largest absolute Gasteiger partial charge is 0.378 e. The van der Waals surface area contributed by atoms with Crippen molar-refractivity contribution in [1.82, 2.24) is 0 Å². The van der Waals surface area contributed by atoms with Gasteiger partial charge in [-0.2, -0.15) is 0 Å². The molecule has 0 radical (unpaired) electrons. The highest BCUT2D eigenvalue weighted by Crippen LogP contribution is 2.14. The van der Waals surface area contributed by atoms with Crippen molar-refractivity contribution < 1.29 is 9.53 Å². The Morgan fingerprint density at radius 3 is 2.53 bits per heavy atom. The number of nitrogens with two attached hydrogens (primary N) is 1. The molecule has 94 valence electrons. The number of hydrogen-bond acceptors (Lipinski definition) is 4. The molecule has 0 aliphatic carbocycles. The van der Waals surface area contributed by atoms with Gasteiger partial charge in [-0.05, 0) is 31.2 Å². The summed E-state index contributed by atoms with van der Waals surface area (Å²) in [5.74, 6) is 0. The van der Waals surface area contributed by atoms with Crippen LogP contribution in [0, 0.1) is 0 Å². The number of benzene rings is 1. The van der Waals surface area contributed by atoms with Crippen LogP contribution >= 0.6 is 0 Å². The fourth-order valence-electron chi connectivity index (χ4n) is 1.59. The van der Waals surface area contributed by atoms with Gasteiger partial charge in [0.25, 0.3) is 0 Å². The number of hydrogen-bond donors (Lipinski definition) is 1. The zero-order valence-corrected chi connectivity index (χ0v) is 10.3. The minimum Gasteiger partial charge on any atom is -0.378 e. The highest BCUT2D eigenvalue weighted by Gasteiger charge is 2.03. The normalized spacial score (nSPS) is 10.2. The SMILES string of the molecule is CCN(CCOCCN)c1ccc(C=O)cc1. The maximum atomic E-state index is 10.6. The fraction of sp³-hybridized carbons (Fsp3) is 0.462. The molecule has 0 atom stereocenters. The first-order valence-corrected chi connectivity index (χ1v) is 5.89. The molecule has 0 heterocycles. The summed E-state index contributed by atoms with van der Waals surface area (Å²) in [4.78, 5) is 12.8. The summed E-state index contributed by atoms with van der Waals surface area (Å²) < 4.78 is 5.36. The van der Waals surface area contributed by atoms with E-state index in [0.29, 0.717) is 25.3 Å². The third kappa shape index (κ3) is 4.54. The summed E-state index contributed by atoms with van der Waals surface area (Å²) in [6.07, 6.45) is 0.852. The molecule has 1 rings (SSSR count). The summed E-state index contributed by atoms with van der Waals surface area (Å²) >= 11 is 0. The lowest BCUT2D eigenvalue weighted by Gasteiger charge is -2.23. The minimum absolute atomic E-state index is 0.556. The van der Waals surface area contributed by atoms with Crippen LogP contribution in [-0.4, -0.2) is 39.1 Å². The van der Waals surface area contributed by atoms with Crippen molar-refractivity contribution >= 4 is 12.0 Å². The Morgan fingerprint density at radius 1 is 1.29 bits per heavy atom. The van der Waals surface area contributed by atoms with Gasteiger partial charge in [0.2, 0.25) is 0 Å². The van der Waals surface area contributed by atoms with Crippen LogP contribution in [0.3, 0.4) is 0 Å². The second-order valence-corrected chi connectivity index (χ2v) is 3.69. The van der Waals surface area contributed by atoms with Crippen LogP contribution in [0.2, 0.25) is 0 Å². The number of likely N-dealkylation sites (N-methyl/N-ethyl adjacent to an activating group) is 1. The molecule has 1 aromatic rings. The van der Waals surface area contributed by atoms with Crippen LogP contribution < -0.4 is 10.6 Å². The second kappa shape index (κ2) is 7.81. The van der Waals surface area contributed by atoms with Gasteiger partial charge in [-0.15, -0.1) is 0 Å². The third-order valence-corrected chi connectivity index (χ3v) is 2.54. The molecule has 0 saturated heterocycles.